The molecule has 0 saturated carbocycles. The minimum absolute atomic E-state index is 0.00369. The highest BCUT2D eigenvalue weighted by Crippen LogP contribution is 2.23. The molecule has 0 bridgehead atoms. The van der Waals surface area contributed by atoms with E-state index in [1.807, 2.05) is 5.38 Å². The molecule has 1 heterocycles. The summed E-state index contributed by atoms with van der Waals surface area (Å²) in [4.78, 5) is 13.9. The van der Waals surface area contributed by atoms with Crippen LogP contribution in [0.5, 0.6) is 0 Å². The molecule has 0 radical (unpaired) electrons. The molecule has 0 aliphatic heterocycles. The maximum absolute atomic E-state index is 11.1. The number of hydrogen-bond donors (Lipinski definition) is 2. The van der Waals surface area contributed by atoms with Crippen molar-refractivity contribution < 1.29 is 0 Å². The first-order chi connectivity index (χ1) is 9.36. The second kappa shape index (κ2) is 5.94. The number of aromatic amines is 1. The van der Waals surface area contributed by atoms with Gasteiger partial charge in [-0.05, 0) is 23.5 Å². The van der Waals surface area contributed by atoms with Gasteiger partial charge in [0.05, 0.1) is 0 Å². The number of H-pyrrole nitrogens is 1. The average molecular weight is 290 g/mol. The SMILES string of the molecule is CC(NCc1csc(=O)[nH]1)c1ccc(C(C)(C)C)cc1. The lowest BCUT2D eigenvalue weighted by Crippen LogP contribution is -2.19. The van der Waals surface area contributed by atoms with E-state index in [1.165, 1.54) is 22.5 Å². The van der Waals surface area contributed by atoms with Crippen LogP contribution in [-0.4, -0.2) is 4.98 Å². The zero-order valence-electron chi connectivity index (χ0n) is 12.5. The maximum Gasteiger partial charge on any atom is 0.304 e. The number of rotatable bonds is 4. The summed E-state index contributed by atoms with van der Waals surface area (Å²) in [6, 6.07) is 9.00. The second-order valence-corrected chi connectivity index (χ2v) is 6.99. The third kappa shape index (κ3) is 3.81. The van der Waals surface area contributed by atoms with Crippen LogP contribution in [0.4, 0.5) is 0 Å². The molecule has 1 atom stereocenters. The summed E-state index contributed by atoms with van der Waals surface area (Å²) in [6.45, 7) is 9.47. The summed E-state index contributed by atoms with van der Waals surface area (Å²) in [7, 11) is 0. The Labute approximate surface area is 124 Å². The molecule has 3 nitrogen and oxygen atoms in total. The molecule has 0 spiro atoms. The zero-order valence-corrected chi connectivity index (χ0v) is 13.3. The van der Waals surface area contributed by atoms with Crippen LogP contribution in [0.15, 0.2) is 34.4 Å². The van der Waals surface area contributed by atoms with Gasteiger partial charge in [0.1, 0.15) is 0 Å². The smallest absolute Gasteiger partial charge is 0.304 e. The molecule has 0 aliphatic carbocycles. The van der Waals surface area contributed by atoms with E-state index in [0.717, 1.165) is 5.69 Å². The molecule has 0 aliphatic rings. The first kappa shape index (κ1) is 15.0. The van der Waals surface area contributed by atoms with Gasteiger partial charge >= 0.3 is 4.87 Å². The monoisotopic (exact) mass is 290 g/mol. The Morgan fingerprint density at radius 2 is 1.90 bits per heavy atom. The number of thiazole rings is 1. The van der Waals surface area contributed by atoms with E-state index in [-0.39, 0.29) is 16.3 Å². The molecule has 2 rings (SSSR count). The van der Waals surface area contributed by atoms with Crippen molar-refractivity contribution in [3.05, 3.63) is 56.1 Å². The number of aromatic nitrogens is 1. The lowest BCUT2D eigenvalue weighted by atomic mass is 9.86. The quantitative estimate of drug-likeness (QED) is 0.904. The van der Waals surface area contributed by atoms with E-state index in [2.05, 4.69) is 62.3 Å². The second-order valence-electron chi connectivity index (χ2n) is 6.15. The van der Waals surface area contributed by atoms with Crippen molar-refractivity contribution in [2.45, 2.75) is 45.7 Å². The highest BCUT2D eigenvalue weighted by atomic mass is 32.1. The topological polar surface area (TPSA) is 44.9 Å². The van der Waals surface area contributed by atoms with E-state index in [9.17, 15) is 4.79 Å². The predicted molar refractivity (Wildman–Crippen MR) is 85.3 cm³/mol. The van der Waals surface area contributed by atoms with Gasteiger partial charge in [-0.15, -0.1) is 0 Å². The van der Waals surface area contributed by atoms with Crippen molar-refractivity contribution in [2.24, 2.45) is 0 Å². The van der Waals surface area contributed by atoms with Gasteiger partial charge in [0.15, 0.2) is 0 Å². The summed E-state index contributed by atoms with van der Waals surface area (Å²) in [5.41, 5.74) is 3.73. The van der Waals surface area contributed by atoms with Gasteiger partial charge in [-0.1, -0.05) is 56.4 Å². The molecule has 4 heteroatoms. The van der Waals surface area contributed by atoms with E-state index in [0.29, 0.717) is 6.54 Å². The van der Waals surface area contributed by atoms with Gasteiger partial charge in [0.2, 0.25) is 0 Å². The minimum atomic E-state index is 0.00369. The Kier molecular flexibility index (Phi) is 4.45. The van der Waals surface area contributed by atoms with Gasteiger partial charge in [0, 0.05) is 23.7 Å². The van der Waals surface area contributed by atoms with Crippen molar-refractivity contribution in [3.8, 4) is 0 Å². The summed E-state index contributed by atoms with van der Waals surface area (Å²) in [5, 5.41) is 5.29. The fraction of sp³-hybridized carbons (Fsp3) is 0.438. The van der Waals surface area contributed by atoms with Crippen molar-refractivity contribution >= 4 is 11.3 Å². The fourth-order valence-corrected chi connectivity index (χ4v) is 2.63. The van der Waals surface area contributed by atoms with E-state index in [4.69, 9.17) is 0 Å². The summed E-state index contributed by atoms with van der Waals surface area (Å²) >= 11 is 1.21. The summed E-state index contributed by atoms with van der Waals surface area (Å²) < 4.78 is 0. The molecular weight excluding hydrogens is 268 g/mol. The highest BCUT2D eigenvalue weighted by molar-refractivity contribution is 7.07. The predicted octanol–water partition coefficient (Wildman–Crippen LogP) is 3.58. The molecule has 0 amide bonds. The van der Waals surface area contributed by atoms with Crippen LogP contribution < -0.4 is 10.2 Å². The Morgan fingerprint density at radius 1 is 1.25 bits per heavy atom. The number of benzene rings is 1. The normalized spacial score (nSPS) is 13.4. The number of hydrogen-bond acceptors (Lipinski definition) is 3. The Hall–Kier alpha value is -1.39. The van der Waals surface area contributed by atoms with Gasteiger partial charge in [-0.25, -0.2) is 0 Å². The van der Waals surface area contributed by atoms with Gasteiger partial charge in [-0.3, -0.25) is 4.79 Å². The molecule has 1 aromatic carbocycles. The maximum atomic E-state index is 11.1. The average Bonchev–Trinajstić information content (AvgIpc) is 2.81. The van der Waals surface area contributed by atoms with Crippen LogP contribution in [0.25, 0.3) is 0 Å². The molecule has 20 heavy (non-hydrogen) atoms. The van der Waals surface area contributed by atoms with E-state index >= 15 is 0 Å². The van der Waals surface area contributed by atoms with Gasteiger partial charge < -0.3 is 10.3 Å². The van der Waals surface area contributed by atoms with Gasteiger partial charge in [-0.2, -0.15) is 0 Å². The van der Waals surface area contributed by atoms with Crippen molar-refractivity contribution in [2.75, 3.05) is 0 Å². The lowest BCUT2D eigenvalue weighted by molar-refractivity contribution is 0.565. The molecule has 1 unspecified atom stereocenters. The Bertz CT molecular complexity index is 604. The molecule has 0 fully saturated rings. The summed E-state index contributed by atoms with van der Waals surface area (Å²) in [5.74, 6) is 0. The van der Waals surface area contributed by atoms with E-state index < -0.39 is 0 Å². The molecule has 108 valence electrons. The number of nitrogens with one attached hydrogen (secondary N) is 2. The van der Waals surface area contributed by atoms with Crippen LogP contribution in [0.1, 0.15) is 50.6 Å². The van der Waals surface area contributed by atoms with Crippen molar-refractivity contribution in [1.82, 2.24) is 10.3 Å². The van der Waals surface area contributed by atoms with Crippen LogP contribution >= 0.6 is 11.3 Å². The standard InChI is InChI=1S/C16H22N2OS/c1-11(17-9-14-10-20-15(19)18-14)12-5-7-13(8-6-12)16(2,3)4/h5-8,10-11,17H,9H2,1-4H3,(H,18,19). The van der Waals surface area contributed by atoms with Crippen molar-refractivity contribution in [1.29, 1.82) is 0 Å². The lowest BCUT2D eigenvalue weighted by Gasteiger charge is -2.20. The van der Waals surface area contributed by atoms with E-state index in [1.54, 1.807) is 0 Å². The van der Waals surface area contributed by atoms with Crippen LogP contribution in [0.3, 0.4) is 0 Å². The highest BCUT2D eigenvalue weighted by Gasteiger charge is 2.14. The fourth-order valence-electron chi connectivity index (χ4n) is 2.05. The Morgan fingerprint density at radius 3 is 2.40 bits per heavy atom. The molecule has 2 N–H and O–H groups in total. The third-order valence-corrected chi connectivity index (χ3v) is 4.16. The first-order valence-corrected chi connectivity index (χ1v) is 7.75. The third-order valence-electron chi connectivity index (χ3n) is 3.45. The zero-order chi connectivity index (χ0) is 14.8. The van der Waals surface area contributed by atoms with Crippen molar-refractivity contribution in [3.63, 3.8) is 0 Å². The largest absolute Gasteiger partial charge is 0.315 e. The minimum Gasteiger partial charge on any atom is -0.315 e. The molecule has 1 aromatic heterocycles. The first-order valence-electron chi connectivity index (χ1n) is 6.87. The summed E-state index contributed by atoms with van der Waals surface area (Å²) in [6.07, 6.45) is 0. The van der Waals surface area contributed by atoms with Crippen LogP contribution in [0, 0.1) is 0 Å². The molecule has 0 saturated heterocycles. The molecular formula is C16H22N2OS. The Balaban J connectivity index is 1.98. The van der Waals surface area contributed by atoms with Gasteiger partial charge in [0.25, 0.3) is 0 Å². The molecule has 2 aromatic rings. The van der Waals surface area contributed by atoms with Crippen LogP contribution in [-0.2, 0) is 12.0 Å². The van der Waals surface area contributed by atoms with Crippen LogP contribution in [0.2, 0.25) is 0 Å².